The first-order valence-corrected chi connectivity index (χ1v) is 7.56. The second kappa shape index (κ2) is 5.21. The van der Waals surface area contributed by atoms with Crippen molar-refractivity contribution in [2.24, 2.45) is 0 Å². The number of hydrogen-bond donors (Lipinski definition) is 1. The van der Waals surface area contributed by atoms with Gasteiger partial charge >= 0.3 is 0 Å². The third-order valence-corrected chi connectivity index (χ3v) is 4.23. The highest BCUT2D eigenvalue weighted by Gasteiger charge is 2.25. The zero-order valence-electron chi connectivity index (χ0n) is 11.9. The lowest BCUT2D eigenvalue weighted by molar-refractivity contribution is 1.04. The van der Waals surface area contributed by atoms with Crippen LogP contribution in [0.5, 0.6) is 0 Å². The number of nitrogens with one attached hydrogen (secondary N) is 1. The molecule has 0 unspecified atom stereocenters. The highest BCUT2D eigenvalue weighted by atomic mass is 14.9. The Morgan fingerprint density at radius 3 is 2.81 bits per heavy atom. The van der Waals surface area contributed by atoms with Crippen LogP contribution in [-0.2, 0) is 6.54 Å². The van der Waals surface area contributed by atoms with Crippen LogP contribution >= 0.6 is 0 Å². The van der Waals surface area contributed by atoms with E-state index >= 15 is 0 Å². The standard InChI is InChI=1S/C19H18N2/c1-2-6-17(15-8-9-15)16(4-1)12-21-19-7-3-5-14-10-11-20-13-18(14)19/h1-7,10-11,13,15,21H,8-9,12H2. The summed E-state index contributed by atoms with van der Waals surface area (Å²) in [4.78, 5) is 4.24. The first-order chi connectivity index (χ1) is 10.4. The summed E-state index contributed by atoms with van der Waals surface area (Å²) in [6.45, 7) is 0.876. The van der Waals surface area contributed by atoms with Gasteiger partial charge in [0.15, 0.2) is 0 Å². The molecule has 2 aromatic carbocycles. The van der Waals surface area contributed by atoms with Crippen molar-refractivity contribution < 1.29 is 0 Å². The molecule has 21 heavy (non-hydrogen) atoms. The fraction of sp³-hybridized carbons (Fsp3) is 0.211. The van der Waals surface area contributed by atoms with Gasteiger partial charge in [-0.25, -0.2) is 0 Å². The molecule has 0 spiro atoms. The second-order valence-electron chi connectivity index (χ2n) is 5.73. The Hall–Kier alpha value is -2.35. The third-order valence-electron chi connectivity index (χ3n) is 4.23. The molecule has 0 radical (unpaired) electrons. The van der Waals surface area contributed by atoms with E-state index in [1.54, 1.807) is 0 Å². The highest BCUT2D eigenvalue weighted by molar-refractivity contribution is 5.93. The van der Waals surface area contributed by atoms with Crippen LogP contribution in [0.15, 0.2) is 60.9 Å². The molecule has 1 N–H and O–H groups in total. The van der Waals surface area contributed by atoms with E-state index < -0.39 is 0 Å². The van der Waals surface area contributed by atoms with Crippen LogP contribution in [0.2, 0.25) is 0 Å². The minimum atomic E-state index is 0.789. The zero-order chi connectivity index (χ0) is 14.1. The Labute approximate surface area is 124 Å². The van der Waals surface area contributed by atoms with Crippen LogP contribution in [0, 0.1) is 0 Å². The number of pyridine rings is 1. The van der Waals surface area contributed by atoms with Crippen molar-refractivity contribution in [2.45, 2.75) is 25.3 Å². The summed E-state index contributed by atoms with van der Waals surface area (Å²) >= 11 is 0. The van der Waals surface area contributed by atoms with Gasteiger partial charge in [0.05, 0.1) is 0 Å². The second-order valence-corrected chi connectivity index (χ2v) is 5.73. The summed E-state index contributed by atoms with van der Waals surface area (Å²) in [5, 5.41) is 6.00. The van der Waals surface area contributed by atoms with Crippen molar-refractivity contribution in [3.8, 4) is 0 Å². The summed E-state index contributed by atoms with van der Waals surface area (Å²) in [5.74, 6) is 0.789. The Balaban J connectivity index is 1.61. The van der Waals surface area contributed by atoms with Crippen molar-refractivity contribution in [1.29, 1.82) is 0 Å². The van der Waals surface area contributed by atoms with Crippen molar-refractivity contribution in [3.05, 3.63) is 72.1 Å². The lowest BCUT2D eigenvalue weighted by Gasteiger charge is -2.12. The Kier molecular flexibility index (Phi) is 3.07. The first-order valence-electron chi connectivity index (χ1n) is 7.56. The summed E-state index contributed by atoms with van der Waals surface area (Å²) in [7, 11) is 0. The molecule has 3 aromatic rings. The van der Waals surface area contributed by atoms with E-state index in [9.17, 15) is 0 Å². The smallest absolute Gasteiger partial charge is 0.0438 e. The number of nitrogens with zero attached hydrogens (tertiary/aromatic N) is 1. The topological polar surface area (TPSA) is 24.9 Å². The van der Waals surface area contributed by atoms with E-state index in [1.807, 2.05) is 12.4 Å². The van der Waals surface area contributed by atoms with Gasteiger partial charge in [0.1, 0.15) is 0 Å². The molecule has 1 aromatic heterocycles. The third kappa shape index (κ3) is 2.49. The van der Waals surface area contributed by atoms with E-state index in [2.05, 4.69) is 58.8 Å². The average Bonchev–Trinajstić information content (AvgIpc) is 3.38. The normalized spacial score (nSPS) is 14.3. The Bertz CT molecular complexity index is 770. The Morgan fingerprint density at radius 2 is 1.90 bits per heavy atom. The lowest BCUT2D eigenvalue weighted by Crippen LogP contribution is -2.02. The quantitative estimate of drug-likeness (QED) is 0.744. The van der Waals surface area contributed by atoms with Crippen molar-refractivity contribution in [2.75, 3.05) is 5.32 Å². The monoisotopic (exact) mass is 274 g/mol. The summed E-state index contributed by atoms with van der Waals surface area (Å²) in [6, 6.07) is 17.2. The maximum atomic E-state index is 4.24. The molecule has 2 nitrogen and oxygen atoms in total. The van der Waals surface area contributed by atoms with E-state index in [1.165, 1.54) is 34.7 Å². The van der Waals surface area contributed by atoms with E-state index in [0.29, 0.717) is 0 Å². The molecule has 1 aliphatic rings. The fourth-order valence-corrected chi connectivity index (χ4v) is 2.95. The molecule has 1 fully saturated rings. The van der Waals surface area contributed by atoms with Gasteiger partial charge in [-0.05, 0) is 47.4 Å². The molecule has 1 heterocycles. The zero-order valence-corrected chi connectivity index (χ0v) is 11.9. The first kappa shape index (κ1) is 12.4. The van der Waals surface area contributed by atoms with Crippen LogP contribution in [-0.4, -0.2) is 4.98 Å². The molecule has 0 aliphatic heterocycles. The van der Waals surface area contributed by atoms with Crippen molar-refractivity contribution in [1.82, 2.24) is 4.98 Å². The molecule has 104 valence electrons. The van der Waals surface area contributed by atoms with Gasteiger partial charge in [-0.15, -0.1) is 0 Å². The van der Waals surface area contributed by atoms with E-state index in [4.69, 9.17) is 0 Å². The van der Waals surface area contributed by atoms with E-state index in [0.717, 1.165) is 18.2 Å². The largest absolute Gasteiger partial charge is 0.380 e. The number of rotatable bonds is 4. The van der Waals surface area contributed by atoms with Gasteiger partial charge in [-0.2, -0.15) is 0 Å². The molecule has 0 bridgehead atoms. The highest BCUT2D eigenvalue weighted by Crippen LogP contribution is 2.41. The van der Waals surface area contributed by atoms with Crippen LogP contribution in [0.4, 0.5) is 5.69 Å². The van der Waals surface area contributed by atoms with Crippen LogP contribution < -0.4 is 5.32 Å². The average molecular weight is 274 g/mol. The van der Waals surface area contributed by atoms with E-state index in [-0.39, 0.29) is 0 Å². The predicted molar refractivity (Wildman–Crippen MR) is 87.5 cm³/mol. The minimum absolute atomic E-state index is 0.789. The summed E-state index contributed by atoms with van der Waals surface area (Å²) in [5.41, 5.74) is 4.09. The lowest BCUT2D eigenvalue weighted by atomic mass is 10.0. The predicted octanol–water partition coefficient (Wildman–Crippen LogP) is 4.72. The molecule has 4 rings (SSSR count). The van der Waals surface area contributed by atoms with Crippen LogP contribution in [0.3, 0.4) is 0 Å². The van der Waals surface area contributed by atoms with Gasteiger partial charge in [-0.3, -0.25) is 4.98 Å². The molecule has 0 amide bonds. The van der Waals surface area contributed by atoms with Crippen molar-refractivity contribution >= 4 is 16.5 Å². The number of anilines is 1. The minimum Gasteiger partial charge on any atom is -0.380 e. The Morgan fingerprint density at radius 1 is 1.00 bits per heavy atom. The molecule has 1 saturated carbocycles. The summed E-state index contributed by atoms with van der Waals surface area (Å²) in [6.07, 6.45) is 6.46. The van der Waals surface area contributed by atoms with Crippen molar-refractivity contribution in [3.63, 3.8) is 0 Å². The summed E-state index contributed by atoms with van der Waals surface area (Å²) < 4.78 is 0. The number of benzene rings is 2. The molecule has 1 aliphatic carbocycles. The molecule has 2 heteroatoms. The number of aromatic nitrogens is 1. The molecule has 0 atom stereocenters. The van der Waals surface area contributed by atoms with Gasteiger partial charge in [0.2, 0.25) is 0 Å². The van der Waals surface area contributed by atoms with Gasteiger partial charge in [-0.1, -0.05) is 36.4 Å². The van der Waals surface area contributed by atoms with Gasteiger partial charge in [0, 0.05) is 30.0 Å². The van der Waals surface area contributed by atoms with Crippen LogP contribution in [0.1, 0.15) is 29.9 Å². The van der Waals surface area contributed by atoms with Gasteiger partial charge in [0.25, 0.3) is 0 Å². The number of fused-ring (bicyclic) bond motifs is 1. The number of hydrogen-bond acceptors (Lipinski definition) is 2. The molecular formula is C19H18N2. The molecular weight excluding hydrogens is 256 g/mol. The van der Waals surface area contributed by atoms with Crippen LogP contribution in [0.25, 0.3) is 10.8 Å². The SMILES string of the molecule is c1ccc(C2CC2)c(CNc2cccc3ccncc23)c1. The maximum absolute atomic E-state index is 4.24. The molecule has 0 saturated heterocycles. The fourth-order valence-electron chi connectivity index (χ4n) is 2.95. The maximum Gasteiger partial charge on any atom is 0.0438 e. The van der Waals surface area contributed by atoms with Gasteiger partial charge < -0.3 is 5.32 Å².